The number of hydrogen-bond acceptors (Lipinski definition) is 4. The maximum atomic E-state index is 11.3. The van der Waals surface area contributed by atoms with Crippen molar-refractivity contribution in [3.8, 4) is 23.0 Å². The van der Waals surface area contributed by atoms with Crippen molar-refractivity contribution in [1.29, 1.82) is 0 Å². The van der Waals surface area contributed by atoms with Crippen LogP contribution in [0.2, 0.25) is 0 Å². The lowest BCUT2D eigenvalue weighted by Gasteiger charge is -2.13. The van der Waals surface area contributed by atoms with Crippen molar-refractivity contribution in [1.82, 2.24) is 0 Å². The molecule has 25 heavy (non-hydrogen) atoms. The predicted molar refractivity (Wildman–Crippen MR) is 99.4 cm³/mol. The number of benzene rings is 2. The number of rotatable bonds is 8. The fourth-order valence-corrected chi connectivity index (χ4v) is 2.14. The maximum absolute atomic E-state index is 11.3. The molecular formula is C19H18Cl2O4. The Balaban J connectivity index is 2.15. The van der Waals surface area contributed by atoms with Gasteiger partial charge in [-0.05, 0) is 56.3 Å². The zero-order valence-corrected chi connectivity index (χ0v) is 15.4. The van der Waals surface area contributed by atoms with Crippen LogP contribution < -0.4 is 14.2 Å². The number of carbonyl (C=O) groups is 1. The Hall–Kier alpha value is -2.17. The van der Waals surface area contributed by atoms with Gasteiger partial charge in [-0.3, -0.25) is 4.79 Å². The normalized spacial score (nSPS) is 10.1. The lowest BCUT2D eigenvalue weighted by Crippen LogP contribution is -1.98. The molecule has 2 aromatic carbocycles. The Morgan fingerprint density at radius 3 is 2.28 bits per heavy atom. The van der Waals surface area contributed by atoms with Crippen molar-refractivity contribution in [2.75, 3.05) is 13.2 Å². The van der Waals surface area contributed by atoms with Crippen LogP contribution in [0.4, 0.5) is 0 Å². The van der Waals surface area contributed by atoms with Crippen molar-refractivity contribution in [2.45, 2.75) is 13.8 Å². The molecule has 0 aliphatic carbocycles. The van der Waals surface area contributed by atoms with Crippen LogP contribution >= 0.6 is 23.2 Å². The van der Waals surface area contributed by atoms with Gasteiger partial charge < -0.3 is 14.2 Å². The maximum Gasteiger partial charge on any atom is 0.169 e. The molecule has 0 heterocycles. The van der Waals surface area contributed by atoms with E-state index in [4.69, 9.17) is 37.4 Å². The van der Waals surface area contributed by atoms with Gasteiger partial charge in [-0.25, -0.2) is 0 Å². The molecule has 6 heteroatoms. The summed E-state index contributed by atoms with van der Waals surface area (Å²) in [4.78, 5) is 11.3. The van der Waals surface area contributed by atoms with E-state index < -0.39 is 0 Å². The average molecular weight is 381 g/mol. The Morgan fingerprint density at radius 2 is 1.68 bits per heavy atom. The van der Waals surface area contributed by atoms with Gasteiger partial charge in [-0.2, -0.15) is 0 Å². The van der Waals surface area contributed by atoms with Crippen molar-refractivity contribution < 1.29 is 19.0 Å². The first kappa shape index (κ1) is 19.2. The second-order valence-corrected chi connectivity index (χ2v) is 6.04. The summed E-state index contributed by atoms with van der Waals surface area (Å²) in [6.45, 7) is 4.14. The summed E-state index contributed by atoms with van der Waals surface area (Å²) in [6.07, 6.45) is 1.55. The monoisotopic (exact) mass is 380 g/mol. The fourth-order valence-electron chi connectivity index (χ4n) is 2.02. The summed E-state index contributed by atoms with van der Waals surface area (Å²) in [6, 6.07) is 12.2. The minimum absolute atomic E-state index is 0.00848. The van der Waals surface area contributed by atoms with Crippen LogP contribution in [0.5, 0.6) is 23.0 Å². The molecular weight excluding hydrogens is 363 g/mol. The average Bonchev–Trinajstić information content (AvgIpc) is 2.57. The third-order valence-electron chi connectivity index (χ3n) is 3.19. The Labute approximate surface area is 156 Å². The summed E-state index contributed by atoms with van der Waals surface area (Å²) in [5.41, 5.74) is 0.632. The van der Waals surface area contributed by atoms with Crippen molar-refractivity contribution in [3.05, 3.63) is 58.6 Å². The first-order valence-electron chi connectivity index (χ1n) is 7.69. The lowest BCUT2D eigenvalue weighted by atomic mass is 10.1. The third-order valence-corrected chi connectivity index (χ3v) is 3.50. The molecule has 0 bridgehead atoms. The molecule has 0 fully saturated rings. The van der Waals surface area contributed by atoms with Gasteiger partial charge >= 0.3 is 0 Å². The van der Waals surface area contributed by atoms with Crippen molar-refractivity contribution in [2.24, 2.45) is 0 Å². The molecule has 0 atom stereocenters. The van der Waals surface area contributed by atoms with Gasteiger partial charge in [0.05, 0.1) is 6.61 Å². The number of hydrogen-bond donors (Lipinski definition) is 0. The van der Waals surface area contributed by atoms with E-state index in [1.54, 1.807) is 48.5 Å². The summed E-state index contributed by atoms with van der Waals surface area (Å²) in [7, 11) is 0. The largest absolute Gasteiger partial charge is 0.490 e. The predicted octanol–water partition coefficient (Wildman–Crippen LogP) is 5.78. The topological polar surface area (TPSA) is 44.8 Å². The zero-order valence-electron chi connectivity index (χ0n) is 13.9. The molecule has 2 rings (SSSR count). The molecule has 0 radical (unpaired) electrons. The molecule has 0 saturated carbocycles. The fraction of sp³-hybridized carbons (Fsp3) is 0.211. The second-order valence-electron chi connectivity index (χ2n) is 5.03. The molecule has 0 amide bonds. The Kier molecular flexibility index (Phi) is 7.16. The van der Waals surface area contributed by atoms with Crippen LogP contribution in [-0.4, -0.2) is 19.0 Å². The van der Waals surface area contributed by atoms with Crippen LogP contribution in [0, 0.1) is 0 Å². The number of ketones is 1. The molecule has 132 valence electrons. The van der Waals surface area contributed by atoms with E-state index in [-0.39, 0.29) is 16.9 Å². The van der Waals surface area contributed by atoms with Gasteiger partial charge in [0.1, 0.15) is 22.6 Å². The molecule has 0 aliphatic heterocycles. The molecule has 0 aliphatic rings. The van der Waals surface area contributed by atoms with Gasteiger partial charge in [0.2, 0.25) is 0 Å². The zero-order chi connectivity index (χ0) is 18.2. The van der Waals surface area contributed by atoms with E-state index in [1.165, 1.54) is 6.92 Å². The number of halogens is 2. The minimum atomic E-state index is 0.00848. The summed E-state index contributed by atoms with van der Waals surface area (Å²) >= 11 is 11.1. The van der Waals surface area contributed by atoms with Crippen LogP contribution in [0.1, 0.15) is 24.2 Å². The summed E-state index contributed by atoms with van der Waals surface area (Å²) in [5.74, 6) is 2.33. The number of carbonyl (C=O) groups excluding carboxylic acids is 1. The first-order chi connectivity index (χ1) is 12.0. The van der Waals surface area contributed by atoms with Gasteiger partial charge in [-0.15, -0.1) is 0 Å². The number of Topliss-reactive ketones (excluding diaryl/α,β-unsaturated/α-hetero) is 1. The molecule has 0 spiro atoms. The van der Waals surface area contributed by atoms with Gasteiger partial charge in [0, 0.05) is 11.6 Å². The highest BCUT2D eigenvalue weighted by Gasteiger charge is 2.09. The highest BCUT2D eigenvalue weighted by Crippen LogP contribution is 2.35. The molecule has 4 nitrogen and oxygen atoms in total. The third kappa shape index (κ3) is 6.00. The second kappa shape index (κ2) is 9.35. The van der Waals surface area contributed by atoms with Gasteiger partial charge in [0.15, 0.2) is 17.3 Å². The first-order valence-corrected chi connectivity index (χ1v) is 8.45. The Morgan fingerprint density at radius 1 is 1.00 bits per heavy atom. The van der Waals surface area contributed by atoms with Crippen LogP contribution in [0.15, 0.2) is 53.0 Å². The quantitative estimate of drug-likeness (QED) is 0.544. The van der Waals surface area contributed by atoms with E-state index in [1.807, 2.05) is 6.92 Å². The van der Waals surface area contributed by atoms with Gasteiger partial charge in [-0.1, -0.05) is 23.2 Å². The molecule has 0 aromatic heterocycles. The molecule has 0 saturated heterocycles. The summed E-state index contributed by atoms with van der Waals surface area (Å²) in [5, 5.41) is 0. The minimum Gasteiger partial charge on any atom is -0.490 e. The highest BCUT2D eigenvalue weighted by atomic mass is 35.5. The molecule has 0 N–H and O–H groups in total. The lowest BCUT2D eigenvalue weighted by molar-refractivity contribution is 0.101. The van der Waals surface area contributed by atoms with Crippen LogP contribution in [0.3, 0.4) is 0 Å². The highest BCUT2D eigenvalue weighted by molar-refractivity contribution is 6.55. The SMILES string of the molecule is CCOc1cc(OCC=C(Cl)Cl)ccc1Oc1ccc(C(C)=O)cc1. The smallest absolute Gasteiger partial charge is 0.169 e. The summed E-state index contributed by atoms with van der Waals surface area (Å²) < 4.78 is 17.1. The van der Waals surface area contributed by atoms with E-state index in [9.17, 15) is 4.79 Å². The van der Waals surface area contributed by atoms with E-state index in [0.29, 0.717) is 35.2 Å². The van der Waals surface area contributed by atoms with E-state index in [2.05, 4.69) is 0 Å². The molecule has 0 unspecified atom stereocenters. The number of ether oxygens (including phenoxy) is 3. The van der Waals surface area contributed by atoms with Crippen molar-refractivity contribution >= 4 is 29.0 Å². The van der Waals surface area contributed by atoms with Crippen LogP contribution in [-0.2, 0) is 0 Å². The van der Waals surface area contributed by atoms with Crippen LogP contribution in [0.25, 0.3) is 0 Å². The van der Waals surface area contributed by atoms with Crippen molar-refractivity contribution in [3.63, 3.8) is 0 Å². The van der Waals surface area contributed by atoms with E-state index in [0.717, 1.165) is 0 Å². The standard InChI is InChI=1S/C19H18Cl2O4/c1-3-23-18-12-16(24-11-10-19(20)21)8-9-17(18)25-15-6-4-14(5-7-15)13(2)22/h4-10,12H,3,11H2,1-2H3. The Bertz CT molecular complexity index is 751. The van der Waals surface area contributed by atoms with E-state index >= 15 is 0 Å². The molecule has 2 aromatic rings. The van der Waals surface area contributed by atoms with Gasteiger partial charge in [0.25, 0.3) is 0 Å².